The molecule has 0 bridgehead atoms. The van der Waals surface area contributed by atoms with Gasteiger partial charge in [-0.25, -0.2) is 9.48 Å². The van der Waals surface area contributed by atoms with Crippen LogP contribution in [0.3, 0.4) is 0 Å². The summed E-state index contributed by atoms with van der Waals surface area (Å²) < 4.78 is 15.5. The highest BCUT2D eigenvalue weighted by atomic mass is 16.6. The summed E-state index contributed by atoms with van der Waals surface area (Å²) in [7, 11) is 0. The number of ether oxygens (including phenoxy) is 2. The summed E-state index contributed by atoms with van der Waals surface area (Å²) in [6.45, 7) is 7.86. The van der Waals surface area contributed by atoms with Crippen LogP contribution in [0.25, 0.3) is 22.0 Å². The van der Waals surface area contributed by atoms with E-state index in [0.717, 1.165) is 51.1 Å². The summed E-state index contributed by atoms with van der Waals surface area (Å²) in [6, 6.07) is 8.78. The molecule has 2 atom stereocenters. The van der Waals surface area contributed by atoms with Crippen LogP contribution < -0.4 is 0 Å². The largest absolute Gasteiger partial charge is 0.449 e. The van der Waals surface area contributed by atoms with E-state index in [9.17, 15) is 4.79 Å². The molecule has 176 valence electrons. The number of carbonyl (C=O) groups excluding carboxylic acids is 1. The van der Waals surface area contributed by atoms with Crippen LogP contribution in [0, 0.1) is 11.8 Å². The third-order valence-corrected chi connectivity index (χ3v) is 6.70. The summed E-state index contributed by atoms with van der Waals surface area (Å²) in [5, 5.41) is 5.78. The first-order valence-electron chi connectivity index (χ1n) is 12.2. The van der Waals surface area contributed by atoms with E-state index in [4.69, 9.17) is 9.47 Å². The molecule has 2 aliphatic heterocycles. The standard InChI is InChI=1S/C26H34N4O3/c1-19(2)18-33-26(31)29-10-8-20(16-29)15-28-11-9-22-13-21(6-7-24(22)28)23-14-27-30(17-23)25-5-3-4-12-32-25/h6-7,9,11,13-14,17,19-20,25H,3-5,8,10,12,15-16,18H2,1-2H3. The molecule has 0 spiro atoms. The Bertz CT molecular complexity index is 1100. The lowest BCUT2D eigenvalue weighted by Gasteiger charge is -2.22. The SMILES string of the molecule is CC(C)COC(=O)N1CCC(Cn2ccc3cc(-c4cnn(C5CCCCO5)c4)ccc32)C1. The number of aromatic nitrogens is 3. The number of benzene rings is 1. The van der Waals surface area contributed by atoms with E-state index in [1.807, 2.05) is 15.8 Å². The molecule has 2 fully saturated rings. The molecule has 33 heavy (non-hydrogen) atoms. The third-order valence-electron chi connectivity index (χ3n) is 6.70. The van der Waals surface area contributed by atoms with Gasteiger partial charge < -0.3 is 18.9 Å². The highest BCUT2D eigenvalue weighted by Gasteiger charge is 2.28. The van der Waals surface area contributed by atoms with Crippen molar-refractivity contribution in [1.29, 1.82) is 0 Å². The van der Waals surface area contributed by atoms with E-state index >= 15 is 0 Å². The first kappa shape index (κ1) is 22.0. The number of hydrogen-bond donors (Lipinski definition) is 0. The van der Waals surface area contributed by atoms with Crippen molar-refractivity contribution in [3.05, 3.63) is 42.9 Å². The number of hydrogen-bond acceptors (Lipinski definition) is 4. The smallest absolute Gasteiger partial charge is 0.409 e. The molecule has 4 heterocycles. The first-order valence-corrected chi connectivity index (χ1v) is 12.2. The minimum atomic E-state index is -0.174. The Morgan fingerprint density at radius 1 is 1.21 bits per heavy atom. The van der Waals surface area contributed by atoms with Crippen LogP contribution in [0.1, 0.15) is 45.8 Å². The molecule has 1 aromatic carbocycles. The van der Waals surface area contributed by atoms with E-state index in [2.05, 4.69) is 60.2 Å². The van der Waals surface area contributed by atoms with Crippen LogP contribution in [-0.4, -0.2) is 51.6 Å². The van der Waals surface area contributed by atoms with Gasteiger partial charge >= 0.3 is 6.09 Å². The molecule has 0 aliphatic carbocycles. The van der Waals surface area contributed by atoms with Gasteiger partial charge in [-0.15, -0.1) is 0 Å². The lowest BCUT2D eigenvalue weighted by atomic mass is 10.1. The number of likely N-dealkylation sites (tertiary alicyclic amines) is 1. The minimum absolute atomic E-state index is 0.0611. The number of carbonyl (C=O) groups is 1. The lowest BCUT2D eigenvalue weighted by molar-refractivity contribution is -0.0394. The molecule has 7 nitrogen and oxygen atoms in total. The maximum atomic E-state index is 12.3. The van der Waals surface area contributed by atoms with Gasteiger partial charge in [-0.3, -0.25) is 0 Å². The zero-order chi connectivity index (χ0) is 22.8. The molecule has 0 N–H and O–H groups in total. The predicted molar refractivity (Wildman–Crippen MR) is 128 cm³/mol. The van der Waals surface area contributed by atoms with Gasteiger partial charge in [-0.2, -0.15) is 5.10 Å². The summed E-state index contributed by atoms with van der Waals surface area (Å²) in [5.74, 6) is 0.805. The van der Waals surface area contributed by atoms with Crippen LogP contribution in [-0.2, 0) is 16.0 Å². The molecule has 2 aliphatic rings. The van der Waals surface area contributed by atoms with Crippen molar-refractivity contribution in [2.45, 2.75) is 52.3 Å². The fourth-order valence-corrected chi connectivity index (χ4v) is 4.87. The Labute approximate surface area is 195 Å². The average Bonchev–Trinajstić information content (AvgIpc) is 3.58. The molecular formula is C26H34N4O3. The average molecular weight is 451 g/mol. The third kappa shape index (κ3) is 4.93. The topological polar surface area (TPSA) is 61.5 Å². The molecular weight excluding hydrogens is 416 g/mol. The van der Waals surface area contributed by atoms with Crippen molar-refractivity contribution in [3.63, 3.8) is 0 Å². The monoisotopic (exact) mass is 450 g/mol. The molecule has 7 heteroatoms. The second-order valence-electron chi connectivity index (χ2n) is 9.84. The van der Waals surface area contributed by atoms with Gasteiger partial charge in [0.15, 0.2) is 0 Å². The second kappa shape index (κ2) is 9.59. The molecule has 2 unspecified atom stereocenters. The number of amides is 1. The van der Waals surface area contributed by atoms with Crippen molar-refractivity contribution >= 4 is 17.0 Å². The molecule has 0 radical (unpaired) electrons. The highest BCUT2D eigenvalue weighted by molar-refractivity contribution is 5.85. The molecule has 2 aromatic heterocycles. The molecule has 5 rings (SSSR count). The Hall–Kier alpha value is -2.80. The fourth-order valence-electron chi connectivity index (χ4n) is 4.87. The van der Waals surface area contributed by atoms with Gasteiger partial charge in [0.1, 0.15) is 6.23 Å². The van der Waals surface area contributed by atoms with Gasteiger partial charge in [0, 0.05) is 55.1 Å². The van der Waals surface area contributed by atoms with Crippen LogP contribution in [0.15, 0.2) is 42.9 Å². The van der Waals surface area contributed by atoms with E-state index in [1.165, 1.54) is 22.9 Å². The van der Waals surface area contributed by atoms with Crippen molar-refractivity contribution in [2.24, 2.45) is 11.8 Å². The quantitative estimate of drug-likeness (QED) is 0.510. The maximum absolute atomic E-state index is 12.3. The highest BCUT2D eigenvalue weighted by Crippen LogP contribution is 2.29. The summed E-state index contributed by atoms with van der Waals surface area (Å²) >= 11 is 0. The van der Waals surface area contributed by atoms with Crippen LogP contribution in [0.4, 0.5) is 4.79 Å². The number of nitrogens with zero attached hydrogens (tertiary/aromatic N) is 4. The van der Waals surface area contributed by atoms with Gasteiger partial charge in [0.05, 0.1) is 12.8 Å². The Kier molecular flexibility index (Phi) is 6.40. The maximum Gasteiger partial charge on any atom is 0.409 e. The second-order valence-corrected chi connectivity index (χ2v) is 9.84. The zero-order valence-corrected chi connectivity index (χ0v) is 19.7. The molecule has 2 saturated heterocycles. The Morgan fingerprint density at radius 3 is 2.94 bits per heavy atom. The van der Waals surface area contributed by atoms with E-state index in [0.29, 0.717) is 18.4 Å². The fraction of sp³-hybridized carbons (Fsp3) is 0.538. The van der Waals surface area contributed by atoms with E-state index in [1.54, 1.807) is 0 Å². The normalized spacial score (nSPS) is 21.2. The van der Waals surface area contributed by atoms with Crippen molar-refractivity contribution in [1.82, 2.24) is 19.2 Å². The molecule has 1 amide bonds. The van der Waals surface area contributed by atoms with Crippen LogP contribution >= 0.6 is 0 Å². The van der Waals surface area contributed by atoms with Gasteiger partial charge in [0.2, 0.25) is 0 Å². The van der Waals surface area contributed by atoms with Crippen LogP contribution in [0.2, 0.25) is 0 Å². The Morgan fingerprint density at radius 2 is 2.12 bits per heavy atom. The number of fused-ring (bicyclic) bond motifs is 1. The van der Waals surface area contributed by atoms with E-state index in [-0.39, 0.29) is 12.3 Å². The Balaban J connectivity index is 1.24. The van der Waals surface area contributed by atoms with Crippen molar-refractivity contribution in [2.75, 3.05) is 26.3 Å². The molecule has 3 aromatic rings. The van der Waals surface area contributed by atoms with Gasteiger partial charge in [0.25, 0.3) is 0 Å². The lowest BCUT2D eigenvalue weighted by Crippen LogP contribution is -2.30. The number of rotatable bonds is 6. The van der Waals surface area contributed by atoms with Gasteiger partial charge in [-0.1, -0.05) is 19.9 Å². The summed E-state index contributed by atoms with van der Waals surface area (Å²) in [4.78, 5) is 14.1. The predicted octanol–water partition coefficient (Wildman–Crippen LogP) is 5.32. The van der Waals surface area contributed by atoms with Gasteiger partial charge in [-0.05, 0) is 61.3 Å². The van der Waals surface area contributed by atoms with E-state index < -0.39 is 0 Å². The van der Waals surface area contributed by atoms with Crippen molar-refractivity contribution in [3.8, 4) is 11.1 Å². The zero-order valence-electron chi connectivity index (χ0n) is 19.7. The minimum Gasteiger partial charge on any atom is -0.449 e. The molecule has 0 saturated carbocycles. The van der Waals surface area contributed by atoms with Crippen LogP contribution in [0.5, 0.6) is 0 Å². The summed E-state index contributed by atoms with van der Waals surface area (Å²) in [5.41, 5.74) is 3.51. The summed E-state index contributed by atoms with van der Waals surface area (Å²) in [6.07, 6.45) is 10.4. The van der Waals surface area contributed by atoms with Crippen molar-refractivity contribution < 1.29 is 14.3 Å². The first-order chi connectivity index (χ1) is 16.1.